The lowest BCUT2D eigenvalue weighted by atomic mass is 10.1. The Morgan fingerprint density at radius 3 is 2.56 bits per heavy atom. The van der Waals surface area contributed by atoms with Crippen molar-refractivity contribution in [3.05, 3.63) is 58.1 Å². The predicted octanol–water partition coefficient (Wildman–Crippen LogP) is 1.74. The van der Waals surface area contributed by atoms with Crippen LogP contribution in [0, 0.1) is 10.1 Å². The van der Waals surface area contributed by atoms with Gasteiger partial charge in [-0.15, -0.1) is 0 Å². The lowest BCUT2D eigenvalue weighted by Gasteiger charge is -2.16. The number of nitro groups is 1. The molecule has 1 saturated heterocycles. The average Bonchev–Trinajstić information content (AvgIpc) is 2.88. The van der Waals surface area contributed by atoms with E-state index in [2.05, 4.69) is 5.32 Å². The molecule has 0 bridgehead atoms. The topological polar surface area (TPSA) is 150 Å². The maximum Gasteiger partial charge on any atom is 0.339 e. The molecular weight excluding hydrogens is 358 g/mol. The van der Waals surface area contributed by atoms with E-state index in [1.165, 1.54) is 24.3 Å². The standard InChI is InChI=1S/C17H13N3O7/c21-14-7-9(5-6-10(14)17(24)25)19-15(22)8-12(16(19)23)18-11-3-1-2-4-13(11)20(26)27/h1-7,12,18,21H,8H2,(H,24,25). The first kappa shape index (κ1) is 17.9. The van der Waals surface area contributed by atoms with Crippen molar-refractivity contribution in [2.24, 2.45) is 0 Å². The molecule has 2 amide bonds. The number of anilines is 2. The molecule has 1 aliphatic rings. The minimum atomic E-state index is -1.35. The van der Waals surface area contributed by atoms with E-state index >= 15 is 0 Å². The fourth-order valence-corrected chi connectivity index (χ4v) is 2.80. The normalized spacial score (nSPS) is 16.4. The number of phenols is 1. The second-order valence-corrected chi connectivity index (χ2v) is 5.75. The van der Waals surface area contributed by atoms with Gasteiger partial charge >= 0.3 is 5.97 Å². The SMILES string of the molecule is O=C(O)c1ccc(N2C(=O)CC(Nc3ccccc3[N+](=O)[O-])C2=O)cc1O. The molecule has 10 heteroatoms. The molecule has 1 aliphatic heterocycles. The summed E-state index contributed by atoms with van der Waals surface area (Å²) in [4.78, 5) is 47.1. The molecule has 2 aromatic rings. The van der Waals surface area contributed by atoms with Gasteiger partial charge in [0.2, 0.25) is 5.91 Å². The summed E-state index contributed by atoms with van der Waals surface area (Å²) in [6.07, 6.45) is -0.244. The third-order valence-electron chi connectivity index (χ3n) is 4.05. The van der Waals surface area contributed by atoms with Gasteiger partial charge in [-0.1, -0.05) is 12.1 Å². The molecule has 1 atom stereocenters. The minimum absolute atomic E-state index is 0.0133. The number of carbonyl (C=O) groups is 3. The van der Waals surface area contributed by atoms with Crippen molar-refractivity contribution in [1.82, 2.24) is 0 Å². The van der Waals surface area contributed by atoms with Gasteiger partial charge in [0.05, 0.1) is 17.0 Å². The lowest BCUT2D eigenvalue weighted by Crippen LogP contribution is -2.34. The van der Waals surface area contributed by atoms with E-state index in [-0.39, 0.29) is 29.0 Å². The van der Waals surface area contributed by atoms with E-state index < -0.39 is 34.5 Å². The second kappa shape index (κ2) is 6.75. The van der Waals surface area contributed by atoms with Gasteiger partial charge in [0.1, 0.15) is 23.0 Å². The molecule has 0 aromatic heterocycles. The second-order valence-electron chi connectivity index (χ2n) is 5.75. The van der Waals surface area contributed by atoms with Crippen LogP contribution in [0.25, 0.3) is 0 Å². The van der Waals surface area contributed by atoms with Crippen LogP contribution in [0.1, 0.15) is 16.8 Å². The minimum Gasteiger partial charge on any atom is -0.507 e. The molecule has 10 nitrogen and oxygen atoms in total. The van der Waals surface area contributed by atoms with Crippen LogP contribution in [0.2, 0.25) is 0 Å². The maximum atomic E-state index is 12.6. The van der Waals surface area contributed by atoms with Crippen LogP contribution in [0.3, 0.4) is 0 Å². The number of carbonyl (C=O) groups excluding carboxylic acids is 2. The highest BCUT2D eigenvalue weighted by Gasteiger charge is 2.40. The molecule has 0 saturated carbocycles. The number of rotatable bonds is 5. The number of carboxylic acids is 1. The van der Waals surface area contributed by atoms with Crippen LogP contribution in [0.4, 0.5) is 17.1 Å². The number of imide groups is 1. The molecule has 0 aliphatic carbocycles. The van der Waals surface area contributed by atoms with Gasteiger partial charge in [0.15, 0.2) is 0 Å². The van der Waals surface area contributed by atoms with Gasteiger partial charge in [-0.2, -0.15) is 0 Å². The highest BCUT2D eigenvalue weighted by Crippen LogP contribution is 2.31. The summed E-state index contributed by atoms with van der Waals surface area (Å²) in [6.45, 7) is 0. The third kappa shape index (κ3) is 3.27. The first-order chi connectivity index (χ1) is 12.8. The Labute approximate surface area is 151 Å². The van der Waals surface area contributed by atoms with Gasteiger partial charge in [-0.3, -0.25) is 19.7 Å². The Kier molecular flexibility index (Phi) is 4.46. The summed E-state index contributed by atoms with van der Waals surface area (Å²) in [5.41, 5.74) is -0.494. The molecule has 1 unspecified atom stereocenters. The summed E-state index contributed by atoms with van der Waals surface area (Å²) in [7, 11) is 0. The van der Waals surface area contributed by atoms with E-state index in [0.29, 0.717) is 0 Å². The number of amides is 2. The predicted molar refractivity (Wildman–Crippen MR) is 92.7 cm³/mol. The van der Waals surface area contributed by atoms with E-state index in [1.807, 2.05) is 0 Å². The van der Waals surface area contributed by atoms with Crippen LogP contribution < -0.4 is 10.2 Å². The summed E-state index contributed by atoms with van der Waals surface area (Å²) in [5.74, 6) is -3.19. The smallest absolute Gasteiger partial charge is 0.339 e. The Hall–Kier alpha value is -3.95. The first-order valence-corrected chi connectivity index (χ1v) is 7.72. The number of aromatic carboxylic acids is 1. The van der Waals surface area contributed by atoms with Gasteiger partial charge in [0.25, 0.3) is 11.6 Å². The monoisotopic (exact) mass is 371 g/mol. The van der Waals surface area contributed by atoms with Crippen LogP contribution in [0.15, 0.2) is 42.5 Å². The molecule has 1 fully saturated rings. The molecule has 3 rings (SSSR count). The van der Waals surface area contributed by atoms with Gasteiger partial charge in [-0.05, 0) is 18.2 Å². The number of benzene rings is 2. The fraction of sp³-hybridized carbons (Fsp3) is 0.118. The van der Waals surface area contributed by atoms with Crippen LogP contribution in [-0.4, -0.2) is 39.0 Å². The Bertz CT molecular complexity index is 973. The molecule has 0 radical (unpaired) electrons. The Balaban J connectivity index is 1.87. The number of hydrogen-bond acceptors (Lipinski definition) is 7. The lowest BCUT2D eigenvalue weighted by molar-refractivity contribution is -0.384. The number of para-hydroxylation sites is 2. The first-order valence-electron chi connectivity index (χ1n) is 7.72. The molecule has 3 N–H and O–H groups in total. The maximum absolute atomic E-state index is 12.6. The van der Waals surface area contributed by atoms with Crippen molar-refractivity contribution in [2.75, 3.05) is 10.2 Å². The van der Waals surface area contributed by atoms with Crippen molar-refractivity contribution in [2.45, 2.75) is 12.5 Å². The largest absolute Gasteiger partial charge is 0.507 e. The van der Waals surface area contributed by atoms with Gasteiger partial charge in [0, 0.05) is 12.1 Å². The van der Waals surface area contributed by atoms with Crippen molar-refractivity contribution in [3.8, 4) is 5.75 Å². The fourth-order valence-electron chi connectivity index (χ4n) is 2.80. The van der Waals surface area contributed by atoms with Crippen molar-refractivity contribution in [3.63, 3.8) is 0 Å². The van der Waals surface area contributed by atoms with Crippen LogP contribution in [-0.2, 0) is 9.59 Å². The molecule has 138 valence electrons. The number of nitrogens with one attached hydrogen (secondary N) is 1. The van der Waals surface area contributed by atoms with E-state index in [9.17, 15) is 29.6 Å². The van der Waals surface area contributed by atoms with E-state index in [1.54, 1.807) is 6.07 Å². The third-order valence-corrected chi connectivity index (χ3v) is 4.05. The molecule has 2 aromatic carbocycles. The molecular formula is C17H13N3O7. The quantitative estimate of drug-likeness (QED) is 0.408. The van der Waals surface area contributed by atoms with E-state index in [0.717, 1.165) is 17.0 Å². The van der Waals surface area contributed by atoms with Crippen molar-refractivity contribution < 1.29 is 29.5 Å². The van der Waals surface area contributed by atoms with Gasteiger partial charge in [-0.25, -0.2) is 9.69 Å². The zero-order valence-corrected chi connectivity index (χ0v) is 13.7. The van der Waals surface area contributed by atoms with Crippen LogP contribution >= 0.6 is 0 Å². The number of hydrogen-bond donors (Lipinski definition) is 3. The summed E-state index contributed by atoms with van der Waals surface area (Å²) < 4.78 is 0. The molecule has 0 spiro atoms. The summed E-state index contributed by atoms with van der Waals surface area (Å²) in [6, 6.07) is 8.01. The summed E-state index contributed by atoms with van der Waals surface area (Å²) >= 11 is 0. The van der Waals surface area contributed by atoms with E-state index in [4.69, 9.17) is 5.11 Å². The zero-order chi connectivity index (χ0) is 19.7. The average molecular weight is 371 g/mol. The highest BCUT2D eigenvalue weighted by molar-refractivity contribution is 6.23. The van der Waals surface area contributed by atoms with Crippen LogP contribution in [0.5, 0.6) is 5.75 Å². The summed E-state index contributed by atoms with van der Waals surface area (Å²) in [5, 5.41) is 32.5. The number of aromatic hydroxyl groups is 1. The van der Waals surface area contributed by atoms with Crippen molar-refractivity contribution >= 4 is 34.8 Å². The van der Waals surface area contributed by atoms with Gasteiger partial charge < -0.3 is 15.5 Å². The number of nitrogens with zero attached hydrogens (tertiary/aromatic N) is 2. The Morgan fingerprint density at radius 2 is 1.93 bits per heavy atom. The van der Waals surface area contributed by atoms with Crippen molar-refractivity contribution in [1.29, 1.82) is 0 Å². The Morgan fingerprint density at radius 1 is 1.22 bits per heavy atom. The highest BCUT2D eigenvalue weighted by atomic mass is 16.6. The number of carboxylic acid groups (broad SMARTS) is 1. The molecule has 27 heavy (non-hydrogen) atoms. The molecule has 1 heterocycles. The number of nitro benzene ring substituents is 1. The zero-order valence-electron chi connectivity index (χ0n) is 13.7.